The van der Waals surface area contributed by atoms with Gasteiger partial charge in [0.05, 0.1) is 19.6 Å². The Labute approximate surface area is 139 Å². The van der Waals surface area contributed by atoms with Gasteiger partial charge in [0.1, 0.15) is 6.10 Å². The fraction of sp³-hybridized carbons (Fsp3) is 0.176. The van der Waals surface area contributed by atoms with E-state index in [1.807, 2.05) is 0 Å². The highest BCUT2D eigenvalue weighted by molar-refractivity contribution is 6.00. The monoisotopic (exact) mass is 304 g/mol. The number of esters is 1. The quantitative estimate of drug-likeness (QED) is 0.823. The van der Waals surface area contributed by atoms with Crippen LogP contribution >= 0.6 is 0 Å². The van der Waals surface area contributed by atoms with Crippen LogP contribution in [0.15, 0.2) is 48.4 Å². The number of nitrogens with two attached hydrogens (primary N) is 1. The van der Waals surface area contributed by atoms with Gasteiger partial charge in [0.15, 0.2) is 0 Å². The van der Waals surface area contributed by atoms with Gasteiger partial charge in [0.2, 0.25) is 0 Å². The Hall–Kier alpha value is -2.82. The van der Waals surface area contributed by atoms with E-state index in [0.717, 1.165) is 19.1 Å². The number of fused-ring (bicyclic) bond motifs is 2. The van der Waals surface area contributed by atoms with Crippen molar-refractivity contribution in [2.45, 2.75) is 19.4 Å². The van der Waals surface area contributed by atoms with Gasteiger partial charge in [-0.05, 0) is 17.6 Å². The van der Waals surface area contributed by atoms with E-state index in [1.54, 1.807) is 0 Å². The number of ether oxygens (including phenoxy) is 1. The Morgan fingerprint density at radius 3 is 2.64 bits per heavy atom. The summed E-state index contributed by atoms with van der Waals surface area (Å²) in [5.41, 5.74) is 3.88. The molecule has 22 heavy (non-hydrogen) atoms. The largest absolute Gasteiger partial charge is 0.457 e. The first-order valence-corrected chi connectivity index (χ1v) is 6.29. The number of benzene rings is 2. The van der Waals surface area contributed by atoms with Crippen molar-refractivity contribution in [3.8, 4) is 0 Å². The van der Waals surface area contributed by atoms with Crippen LogP contribution in [0.1, 0.15) is 35.1 Å². The summed E-state index contributed by atoms with van der Waals surface area (Å²) in [6.07, 6.45) is -4.42. The molecule has 112 valence electrons. The summed E-state index contributed by atoms with van der Waals surface area (Å²) in [6.45, 7) is 1.02. The number of rotatable bonds is 1. The number of carbonyl (C=O) groups is 2. The lowest BCUT2D eigenvalue weighted by Crippen LogP contribution is -2.32. The van der Waals surface area contributed by atoms with E-state index in [-0.39, 0.29) is 5.56 Å². The molecule has 1 aliphatic rings. The number of urea groups is 1. The molecule has 1 aliphatic heterocycles. The minimum Gasteiger partial charge on any atom is -0.457 e. The zero-order valence-electron chi connectivity index (χ0n) is 19.5. The number of anilines is 2. The summed E-state index contributed by atoms with van der Waals surface area (Å²) in [7, 11) is 0. The minimum absolute atomic E-state index is 0.270. The van der Waals surface area contributed by atoms with Crippen LogP contribution in [-0.2, 0) is 15.9 Å². The highest BCUT2D eigenvalue weighted by atomic mass is 16.5. The lowest BCUT2D eigenvalue weighted by molar-refractivity contribution is -0.146. The zero-order valence-corrected chi connectivity index (χ0v) is 11.5. The van der Waals surface area contributed by atoms with Gasteiger partial charge in [-0.2, -0.15) is 0 Å². The SMILES string of the molecule is [2H]c1cc2c(c([2H])c1[2H])N(C(N)=O)c1c(cc([2H])c([2H])c1[2H])C([2H])([2H])[C@@H]2OC(C)=O. The Bertz CT molecular complexity index is 1110. The van der Waals surface area contributed by atoms with Gasteiger partial charge in [-0.15, -0.1) is 0 Å². The Morgan fingerprint density at radius 2 is 1.95 bits per heavy atom. The molecule has 0 aromatic heterocycles. The molecule has 5 heteroatoms. The number of amides is 2. The molecule has 2 N–H and O–H groups in total. The summed E-state index contributed by atoms with van der Waals surface area (Å²) < 4.78 is 70.6. The summed E-state index contributed by atoms with van der Waals surface area (Å²) >= 11 is 0. The van der Waals surface area contributed by atoms with Crippen molar-refractivity contribution < 1.29 is 25.3 Å². The van der Waals surface area contributed by atoms with Crippen molar-refractivity contribution in [3.05, 3.63) is 59.5 Å². The third kappa shape index (κ3) is 2.41. The average Bonchev–Trinajstić information content (AvgIpc) is 2.71. The summed E-state index contributed by atoms with van der Waals surface area (Å²) in [5, 5.41) is 0. The van der Waals surface area contributed by atoms with Gasteiger partial charge in [0, 0.05) is 21.6 Å². The minimum atomic E-state index is -2.64. The molecule has 5 nitrogen and oxygen atoms in total. The van der Waals surface area contributed by atoms with Gasteiger partial charge >= 0.3 is 12.0 Å². The molecule has 0 radical (unpaired) electrons. The van der Waals surface area contributed by atoms with Crippen LogP contribution in [0.4, 0.5) is 16.2 Å². The molecule has 3 rings (SSSR count). The van der Waals surface area contributed by atoms with E-state index in [1.165, 1.54) is 0 Å². The van der Waals surface area contributed by atoms with Crippen molar-refractivity contribution in [2.75, 3.05) is 4.90 Å². The predicted octanol–water partition coefficient (Wildman–Crippen LogP) is 3.06. The number of para-hydroxylation sites is 2. The van der Waals surface area contributed by atoms with E-state index in [4.69, 9.17) is 21.4 Å². The van der Waals surface area contributed by atoms with E-state index < -0.39 is 77.7 Å². The Kier molecular flexibility index (Phi) is 1.87. The second kappa shape index (κ2) is 5.52. The van der Waals surface area contributed by atoms with Gasteiger partial charge in [-0.25, -0.2) is 4.79 Å². The summed E-state index contributed by atoms with van der Waals surface area (Å²) in [6, 6.07) is -2.88. The number of carbonyl (C=O) groups excluding carboxylic acids is 2. The maximum atomic E-state index is 12.4. The number of primary amides is 1. The first kappa shape index (κ1) is 7.45. The van der Waals surface area contributed by atoms with Crippen LogP contribution < -0.4 is 10.6 Å². The molecule has 0 bridgehead atoms. The lowest BCUT2D eigenvalue weighted by Gasteiger charge is -2.23. The first-order chi connectivity index (χ1) is 13.8. The van der Waals surface area contributed by atoms with Crippen LogP contribution in [0.3, 0.4) is 0 Å². The first-order valence-electron chi connectivity index (χ1n) is 10.3. The average molecular weight is 304 g/mol. The van der Waals surface area contributed by atoms with Gasteiger partial charge in [-0.1, -0.05) is 36.3 Å². The smallest absolute Gasteiger partial charge is 0.323 e. The zero-order chi connectivity index (χ0) is 22.7. The third-order valence-corrected chi connectivity index (χ3v) is 3.00. The Morgan fingerprint density at radius 1 is 1.27 bits per heavy atom. The van der Waals surface area contributed by atoms with E-state index in [2.05, 4.69) is 0 Å². The number of hydrogen-bond acceptors (Lipinski definition) is 3. The van der Waals surface area contributed by atoms with Gasteiger partial charge in [0.25, 0.3) is 0 Å². The van der Waals surface area contributed by atoms with Crippen molar-refractivity contribution in [3.63, 3.8) is 0 Å². The highest BCUT2D eigenvalue weighted by Crippen LogP contribution is 2.41. The van der Waals surface area contributed by atoms with Gasteiger partial charge in [-0.3, -0.25) is 9.69 Å². The van der Waals surface area contributed by atoms with Crippen LogP contribution in [0.25, 0.3) is 0 Å². The lowest BCUT2D eigenvalue weighted by atomic mass is 10.0. The van der Waals surface area contributed by atoms with Crippen LogP contribution in [0, 0.1) is 0 Å². The van der Waals surface area contributed by atoms with Crippen LogP contribution in [0.5, 0.6) is 0 Å². The second-order valence-corrected chi connectivity index (χ2v) is 4.45. The molecule has 2 aromatic rings. The van der Waals surface area contributed by atoms with Crippen LogP contribution in [-0.4, -0.2) is 12.0 Å². The molecule has 1 heterocycles. The molecule has 0 unspecified atom stereocenters. The van der Waals surface area contributed by atoms with Crippen molar-refractivity contribution in [2.24, 2.45) is 5.73 Å². The molecule has 0 spiro atoms. The molecule has 1 atom stereocenters. The topological polar surface area (TPSA) is 72.6 Å². The highest BCUT2D eigenvalue weighted by Gasteiger charge is 2.30. The van der Waals surface area contributed by atoms with E-state index in [0.29, 0.717) is 4.90 Å². The van der Waals surface area contributed by atoms with Gasteiger partial charge < -0.3 is 10.5 Å². The Balaban J connectivity index is 2.59. The van der Waals surface area contributed by atoms with Crippen LogP contribution in [0.2, 0.25) is 0 Å². The molecule has 0 aliphatic carbocycles. The van der Waals surface area contributed by atoms with E-state index >= 15 is 0 Å². The van der Waals surface area contributed by atoms with Crippen molar-refractivity contribution >= 4 is 23.4 Å². The fourth-order valence-electron chi connectivity index (χ4n) is 2.17. The molecular weight excluding hydrogens is 280 g/mol. The normalized spacial score (nSPS) is 23.7. The maximum absolute atomic E-state index is 12.4. The number of nitrogens with zero attached hydrogens (tertiary/aromatic N) is 1. The molecule has 0 fully saturated rings. The molecule has 2 aromatic carbocycles. The fourth-order valence-corrected chi connectivity index (χ4v) is 2.17. The predicted molar refractivity (Wildman–Crippen MR) is 82.8 cm³/mol. The third-order valence-electron chi connectivity index (χ3n) is 3.00. The standard InChI is InChI=1S/C17H16N2O3/c1-11(20)22-16-10-12-6-2-4-8-14(12)19(17(18)21)15-9-5-3-7-13(15)16/h2-9,16H,10H2,1H3,(H2,18,21)/t16-/m0/s1/i2D,3D,4D,5D,8D,9D,10D2. The second-order valence-electron chi connectivity index (χ2n) is 4.45. The maximum Gasteiger partial charge on any atom is 0.323 e. The van der Waals surface area contributed by atoms with Crippen molar-refractivity contribution in [1.29, 1.82) is 0 Å². The number of hydrogen-bond donors (Lipinski definition) is 1. The molecule has 0 saturated heterocycles. The van der Waals surface area contributed by atoms with E-state index in [9.17, 15) is 9.59 Å². The molecule has 0 saturated carbocycles. The molecule has 2 amide bonds. The summed E-state index contributed by atoms with van der Waals surface area (Å²) in [4.78, 5) is 24.8. The van der Waals surface area contributed by atoms with Crippen molar-refractivity contribution in [1.82, 2.24) is 0 Å². The summed E-state index contributed by atoms with van der Waals surface area (Å²) in [5.74, 6) is -0.897. The molecular formula is C17H16N2O3.